The van der Waals surface area contributed by atoms with Gasteiger partial charge in [-0.05, 0) is 92.5 Å². The third kappa shape index (κ3) is 6.58. The van der Waals surface area contributed by atoms with Crippen molar-refractivity contribution in [3.05, 3.63) is 75.3 Å². The Hall–Kier alpha value is -2.19. The van der Waals surface area contributed by atoms with Crippen LogP contribution >= 0.6 is 8.60 Å². The molecule has 0 spiro atoms. The fourth-order valence-electron chi connectivity index (χ4n) is 7.01. The molecule has 41 heavy (non-hydrogen) atoms. The predicted octanol–water partition coefficient (Wildman–Crippen LogP) is 10.7. The molecular formula is C37H53O3P. The van der Waals surface area contributed by atoms with Gasteiger partial charge in [0.25, 0.3) is 0 Å². The lowest BCUT2D eigenvalue weighted by molar-refractivity contribution is 0.370. The number of hydrogen-bond acceptors (Lipinski definition) is 3. The maximum atomic E-state index is 10.5. The molecule has 0 fully saturated rings. The van der Waals surface area contributed by atoms with Crippen LogP contribution in [0, 0.1) is 20.8 Å². The van der Waals surface area contributed by atoms with Gasteiger partial charge in [-0.2, -0.15) is 0 Å². The Bertz CT molecular complexity index is 1440. The molecule has 0 heterocycles. The normalized spacial score (nSPS) is 13.2. The zero-order valence-electron chi connectivity index (χ0n) is 28.2. The van der Waals surface area contributed by atoms with Gasteiger partial charge in [-0.3, -0.25) is 0 Å². The number of benzene rings is 3. The van der Waals surface area contributed by atoms with E-state index in [0.29, 0.717) is 5.75 Å². The van der Waals surface area contributed by atoms with E-state index >= 15 is 0 Å². The van der Waals surface area contributed by atoms with Crippen molar-refractivity contribution in [1.82, 2.24) is 0 Å². The van der Waals surface area contributed by atoms with E-state index in [1.165, 1.54) is 33.4 Å². The summed E-state index contributed by atoms with van der Waals surface area (Å²) in [6.45, 7) is 33.6. The van der Waals surface area contributed by atoms with E-state index in [0.717, 1.165) is 27.8 Å². The van der Waals surface area contributed by atoms with Crippen molar-refractivity contribution in [3.8, 4) is 28.0 Å². The first-order chi connectivity index (χ1) is 18.5. The lowest BCUT2D eigenvalue weighted by Crippen LogP contribution is -2.25. The van der Waals surface area contributed by atoms with E-state index in [-0.39, 0.29) is 21.7 Å². The molecule has 4 heteroatoms. The van der Waals surface area contributed by atoms with Crippen molar-refractivity contribution in [1.29, 1.82) is 0 Å². The van der Waals surface area contributed by atoms with E-state index in [1.54, 1.807) is 0 Å². The molecule has 0 aliphatic carbocycles. The number of aryl methyl sites for hydroxylation is 2. The Labute approximate surface area is 251 Å². The van der Waals surface area contributed by atoms with Gasteiger partial charge in [0.05, 0.1) is 0 Å². The summed E-state index contributed by atoms with van der Waals surface area (Å²) in [6.07, 6.45) is 0. The molecule has 0 saturated carbocycles. The molecule has 0 atom stereocenters. The molecule has 2 N–H and O–H groups in total. The second-order valence-corrected chi connectivity index (χ2v) is 16.5. The zero-order chi connectivity index (χ0) is 31.5. The Morgan fingerprint density at radius 3 is 1.22 bits per heavy atom. The Morgan fingerprint density at radius 1 is 0.512 bits per heavy atom. The van der Waals surface area contributed by atoms with E-state index in [9.17, 15) is 9.79 Å². The van der Waals surface area contributed by atoms with Gasteiger partial charge in [0.15, 0.2) is 0 Å². The highest BCUT2D eigenvalue weighted by Crippen LogP contribution is 2.56. The first-order valence-corrected chi connectivity index (χ1v) is 15.9. The molecule has 3 rings (SSSR count). The van der Waals surface area contributed by atoms with Crippen LogP contribution in [-0.4, -0.2) is 9.79 Å². The van der Waals surface area contributed by atoms with Gasteiger partial charge in [0.2, 0.25) is 0 Å². The standard InChI is InChI=1S/C37H53O3P/c1-22-18-16-20-25(29(22)34(4,5)6)27-24(3)31(36(10,11)12)28(32(37(13,14)15)33(27)40-41(38)39)26-21-17-19-23(2)30(26)35(7,8)9/h16-21,38-39H,1-15H3. The van der Waals surface area contributed by atoms with Crippen molar-refractivity contribution in [2.75, 3.05) is 0 Å². The molecular weight excluding hydrogens is 523 g/mol. The van der Waals surface area contributed by atoms with Crippen LogP contribution in [0.4, 0.5) is 0 Å². The highest BCUT2D eigenvalue weighted by atomic mass is 31.2. The van der Waals surface area contributed by atoms with Gasteiger partial charge < -0.3 is 14.3 Å². The fraction of sp³-hybridized carbons (Fsp3) is 0.514. The first-order valence-electron chi connectivity index (χ1n) is 14.8. The second-order valence-electron chi connectivity index (χ2n) is 15.8. The number of rotatable bonds is 4. The van der Waals surface area contributed by atoms with Gasteiger partial charge in [-0.1, -0.05) is 119 Å². The summed E-state index contributed by atoms with van der Waals surface area (Å²) in [5.74, 6) is 0.576. The number of hydrogen-bond donors (Lipinski definition) is 2. The summed E-state index contributed by atoms with van der Waals surface area (Å²) in [5.41, 5.74) is 12.0. The Morgan fingerprint density at radius 2 is 0.878 bits per heavy atom. The third-order valence-corrected chi connectivity index (χ3v) is 8.31. The fourth-order valence-corrected chi connectivity index (χ4v) is 7.36. The summed E-state index contributed by atoms with van der Waals surface area (Å²) in [4.78, 5) is 20.9. The molecule has 0 unspecified atom stereocenters. The SMILES string of the molecule is Cc1cccc(-c2c(C)c(C(C)(C)C)c(-c3cccc(C)c3C(C)(C)C)c(C(C)(C)C)c2OP(O)O)c1C(C)(C)C. The van der Waals surface area contributed by atoms with Gasteiger partial charge in [0.1, 0.15) is 5.75 Å². The van der Waals surface area contributed by atoms with E-state index in [4.69, 9.17) is 4.52 Å². The highest BCUT2D eigenvalue weighted by Gasteiger charge is 2.38. The Kier molecular flexibility index (Phi) is 9.05. The van der Waals surface area contributed by atoms with Crippen LogP contribution in [0.1, 0.15) is 122 Å². The molecule has 3 aromatic carbocycles. The smallest absolute Gasteiger partial charge is 0.391 e. The minimum absolute atomic E-state index is 0.102. The predicted molar refractivity (Wildman–Crippen MR) is 178 cm³/mol. The van der Waals surface area contributed by atoms with E-state index in [1.807, 2.05) is 0 Å². The van der Waals surface area contributed by atoms with Gasteiger partial charge in [-0.15, -0.1) is 0 Å². The van der Waals surface area contributed by atoms with Crippen LogP contribution in [0.25, 0.3) is 22.3 Å². The average molecular weight is 577 g/mol. The molecule has 3 nitrogen and oxygen atoms in total. The van der Waals surface area contributed by atoms with Crippen molar-refractivity contribution < 1.29 is 14.3 Å². The minimum Gasteiger partial charge on any atom is -0.426 e. The molecule has 224 valence electrons. The lowest BCUT2D eigenvalue weighted by atomic mass is 9.67. The molecule has 0 saturated heterocycles. The van der Waals surface area contributed by atoms with Crippen molar-refractivity contribution in [3.63, 3.8) is 0 Å². The van der Waals surface area contributed by atoms with E-state index in [2.05, 4.69) is 140 Å². The minimum atomic E-state index is -2.66. The summed E-state index contributed by atoms with van der Waals surface area (Å²) in [5, 5.41) is 0. The van der Waals surface area contributed by atoms with Crippen molar-refractivity contribution in [2.24, 2.45) is 0 Å². The summed E-state index contributed by atoms with van der Waals surface area (Å²) in [6, 6.07) is 13.0. The molecule has 0 aliphatic heterocycles. The van der Waals surface area contributed by atoms with Crippen LogP contribution in [0.5, 0.6) is 5.75 Å². The maximum Gasteiger partial charge on any atom is 0.391 e. The lowest BCUT2D eigenvalue weighted by Gasteiger charge is -2.38. The Balaban J connectivity index is 2.83. The van der Waals surface area contributed by atoms with Crippen LogP contribution in [0.3, 0.4) is 0 Å². The molecule has 0 aliphatic rings. The quantitative estimate of drug-likeness (QED) is 0.304. The second kappa shape index (κ2) is 11.1. The van der Waals surface area contributed by atoms with Crippen molar-refractivity contribution in [2.45, 2.75) is 126 Å². The topological polar surface area (TPSA) is 49.7 Å². The van der Waals surface area contributed by atoms with Crippen molar-refractivity contribution >= 4 is 8.60 Å². The highest BCUT2D eigenvalue weighted by molar-refractivity contribution is 7.39. The van der Waals surface area contributed by atoms with Crippen LogP contribution in [0.15, 0.2) is 36.4 Å². The monoisotopic (exact) mass is 576 g/mol. The van der Waals surface area contributed by atoms with Gasteiger partial charge in [-0.25, -0.2) is 0 Å². The summed E-state index contributed by atoms with van der Waals surface area (Å²) in [7, 11) is -2.66. The van der Waals surface area contributed by atoms with Crippen LogP contribution < -0.4 is 4.52 Å². The zero-order valence-corrected chi connectivity index (χ0v) is 29.1. The molecule has 3 aromatic rings. The first kappa shape index (κ1) is 33.3. The molecule has 0 amide bonds. The largest absolute Gasteiger partial charge is 0.426 e. The summed E-state index contributed by atoms with van der Waals surface area (Å²) >= 11 is 0. The molecule has 0 bridgehead atoms. The van der Waals surface area contributed by atoms with Gasteiger partial charge in [0, 0.05) is 11.1 Å². The third-order valence-electron chi connectivity index (χ3n) is 7.96. The summed E-state index contributed by atoms with van der Waals surface area (Å²) < 4.78 is 6.21. The van der Waals surface area contributed by atoms with Crippen LogP contribution in [0.2, 0.25) is 0 Å². The van der Waals surface area contributed by atoms with Crippen LogP contribution in [-0.2, 0) is 21.7 Å². The maximum absolute atomic E-state index is 10.5. The van der Waals surface area contributed by atoms with E-state index < -0.39 is 8.60 Å². The van der Waals surface area contributed by atoms with Gasteiger partial charge >= 0.3 is 8.60 Å². The molecule has 0 aromatic heterocycles. The average Bonchev–Trinajstić information content (AvgIpc) is 2.74. The molecule has 0 radical (unpaired) electrons.